The molecule has 0 radical (unpaired) electrons. The highest BCUT2D eigenvalue weighted by atomic mass is 19.1. The van der Waals surface area contributed by atoms with Crippen molar-refractivity contribution in [2.24, 2.45) is 0 Å². The van der Waals surface area contributed by atoms with Gasteiger partial charge in [-0.05, 0) is 23.7 Å². The molecule has 0 saturated heterocycles. The van der Waals surface area contributed by atoms with Gasteiger partial charge in [0.15, 0.2) is 17.4 Å². The SMILES string of the molecule is COc1ccc(B(O)O)cc1COc1c(F)cccc1F. The Morgan fingerprint density at radius 3 is 2.33 bits per heavy atom. The Labute approximate surface area is 120 Å². The number of halogens is 2. The predicted octanol–water partition coefficient (Wildman–Crippen LogP) is 1.23. The molecule has 110 valence electrons. The van der Waals surface area contributed by atoms with Gasteiger partial charge in [-0.2, -0.15) is 0 Å². The van der Waals surface area contributed by atoms with Crippen LogP contribution >= 0.6 is 0 Å². The van der Waals surface area contributed by atoms with Gasteiger partial charge in [0.05, 0.1) is 7.11 Å². The summed E-state index contributed by atoms with van der Waals surface area (Å²) >= 11 is 0. The average molecular weight is 294 g/mol. The number of para-hydroxylation sites is 1. The Morgan fingerprint density at radius 2 is 1.76 bits per heavy atom. The highest BCUT2D eigenvalue weighted by molar-refractivity contribution is 6.58. The zero-order chi connectivity index (χ0) is 15.4. The second-order valence-corrected chi connectivity index (χ2v) is 4.28. The Bertz CT molecular complexity index is 614. The number of benzene rings is 2. The lowest BCUT2D eigenvalue weighted by molar-refractivity contribution is 0.268. The molecule has 0 aliphatic carbocycles. The van der Waals surface area contributed by atoms with E-state index in [0.29, 0.717) is 11.3 Å². The predicted molar refractivity (Wildman–Crippen MR) is 73.5 cm³/mol. The molecule has 0 aliphatic rings. The molecule has 0 atom stereocenters. The van der Waals surface area contributed by atoms with Gasteiger partial charge < -0.3 is 19.5 Å². The quantitative estimate of drug-likeness (QED) is 0.814. The molecule has 0 saturated carbocycles. The molecular formula is C14H13BF2O4. The first-order chi connectivity index (χ1) is 10.0. The summed E-state index contributed by atoms with van der Waals surface area (Å²) in [5, 5.41) is 18.3. The fourth-order valence-corrected chi connectivity index (χ4v) is 1.84. The molecule has 0 unspecified atom stereocenters. The lowest BCUT2D eigenvalue weighted by Crippen LogP contribution is -2.30. The van der Waals surface area contributed by atoms with Crippen LogP contribution in [0.3, 0.4) is 0 Å². The van der Waals surface area contributed by atoms with Crippen LogP contribution in [0.1, 0.15) is 5.56 Å². The van der Waals surface area contributed by atoms with Crippen molar-refractivity contribution in [2.45, 2.75) is 6.61 Å². The second-order valence-electron chi connectivity index (χ2n) is 4.28. The van der Waals surface area contributed by atoms with Gasteiger partial charge in [-0.1, -0.05) is 18.2 Å². The van der Waals surface area contributed by atoms with E-state index in [9.17, 15) is 8.78 Å². The van der Waals surface area contributed by atoms with Gasteiger partial charge in [0.2, 0.25) is 0 Å². The standard InChI is InChI=1S/C14H13BF2O4/c1-20-13-6-5-10(15(18)19)7-9(13)8-21-14-11(16)3-2-4-12(14)17/h2-7,18-19H,8H2,1H3. The van der Waals surface area contributed by atoms with Crippen LogP contribution in [0.5, 0.6) is 11.5 Å². The molecule has 7 heteroatoms. The maximum atomic E-state index is 13.5. The van der Waals surface area contributed by atoms with Crippen molar-refractivity contribution in [1.82, 2.24) is 0 Å². The summed E-state index contributed by atoms with van der Waals surface area (Å²) in [5.74, 6) is -1.70. The van der Waals surface area contributed by atoms with Crippen LogP contribution in [0, 0.1) is 11.6 Å². The Balaban J connectivity index is 2.24. The van der Waals surface area contributed by atoms with Gasteiger partial charge in [-0.15, -0.1) is 0 Å². The Morgan fingerprint density at radius 1 is 1.10 bits per heavy atom. The third kappa shape index (κ3) is 3.50. The first kappa shape index (κ1) is 15.3. The number of hydrogen-bond donors (Lipinski definition) is 2. The van der Waals surface area contributed by atoms with E-state index in [-0.39, 0.29) is 12.1 Å². The van der Waals surface area contributed by atoms with Crippen molar-refractivity contribution in [1.29, 1.82) is 0 Å². The number of ether oxygens (including phenoxy) is 2. The van der Waals surface area contributed by atoms with Gasteiger partial charge in [0.1, 0.15) is 12.4 Å². The lowest BCUT2D eigenvalue weighted by Gasteiger charge is -2.12. The zero-order valence-electron chi connectivity index (χ0n) is 11.2. The van der Waals surface area contributed by atoms with E-state index in [1.807, 2.05) is 0 Å². The molecule has 0 aromatic heterocycles. The van der Waals surface area contributed by atoms with Crippen LogP contribution in [0.2, 0.25) is 0 Å². The summed E-state index contributed by atoms with van der Waals surface area (Å²) in [7, 11) is -0.225. The van der Waals surface area contributed by atoms with E-state index in [1.165, 1.54) is 31.4 Å². The van der Waals surface area contributed by atoms with Gasteiger partial charge >= 0.3 is 7.12 Å². The summed E-state index contributed by atoms with van der Waals surface area (Å²) in [4.78, 5) is 0. The molecule has 0 spiro atoms. The summed E-state index contributed by atoms with van der Waals surface area (Å²) in [6.07, 6.45) is 0. The molecule has 2 aromatic rings. The number of rotatable bonds is 5. The average Bonchev–Trinajstić information content (AvgIpc) is 2.46. The van der Waals surface area contributed by atoms with Gasteiger partial charge in [0, 0.05) is 5.56 Å². The van der Waals surface area contributed by atoms with Crippen molar-refractivity contribution in [2.75, 3.05) is 7.11 Å². The molecule has 21 heavy (non-hydrogen) atoms. The molecule has 0 heterocycles. The summed E-state index contributed by atoms with van der Waals surface area (Å²) in [6.45, 7) is -0.179. The minimum Gasteiger partial charge on any atom is -0.496 e. The normalized spacial score (nSPS) is 10.3. The van der Waals surface area contributed by atoms with Crippen LogP contribution in [0.15, 0.2) is 36.4 Å². The van der Waals surface area contributed by atoms with E-state index in [1.54, 1.807) is 0 Å². The third-order valence-electron chi connectivity index (χ3n) is 2.89. The fraction of sp³-hybridized carbons (Fsp3) is 0.143. The van der Waals surface area contributed by atoms with Gasteiger partial charge in [-0.25, -0.2) is 8.78 Å². The third-order valence-corrected chi connectivity index (χ3v) is 2.89. The smallest absolute Gasteiger partial charge is 0.488 e. The van der Waals surface area contributed by atoms with E-state index >= 15 is 0 Å². The van der Waals surface area contributed by atoms with Crippen molar-refractivity contribution < 1.29 is 28.3 Å². The van der Waals surface area contributed by atoms with E-state index < -0.39 is 24.5 Å². The molecule has 0 bridgehead atoms. The lowest BCUT2D eigenvalue weighted by atomic mass is 9.79. The molecule has 0 aliphatic heterocycles. The van der Waals surface area contributed by atoms with Crippen molar-refractivity contribution in [3.63, 3.8) is 0 Å². The molecule has 2 aromatic carbocycles. The van der Waals surface area contributed by atoms with Crippen LogP contribution in [-0.4, -0.2) is 24.3 Å². The minimum atomic E-state index is -1.65. The Hall–Kier alpha value is -2.12. The first-order valence-corrected chi connectivity index (χ1v) is 6.12. The van der Waals surface area contributed by atoms with Crippen LogP contribution in [-0.2, 0) is 6.61 Å². The van der Waals surface area contributed by atoms with Crippen LogP contribution in [0.25, 0.3) is 0 Å². The van der Waals surface area contributed by atoms with E-state index in [4.69, 9.17) is 19.5 Å². The molecule has 2 N–H and O–H groups in total. The van der Waals surface area contributed by atoms with E-state index in [0.717, 1.165) is 12.1 Å². The number of hydrogen-bond acceptors (Lipinski definition) is 4. The number of methoxy groups -OCH3 is 1. The fourth-order valence-electron chi connectivity index (χ4n) is 1.84. The molecule has 0 amide bonds. The van der Waals surface area contributed by atoms with Crippen molar-refractivity contribution in [3.05, 3.63) is 53.6 Å². The van der Waals surface area contributed by atoms with E-state index in [2.05, 4.69) is 0 Å². The zero-order valence-corrected chi connectivity index (χ0v) is 11.2. The maximum Gasteiger partial charge on any atom is 0.488 e. The molecule has 2 rings (SSSR count). The van der Waals surface area contributed by atoms with Gasteiger partial charge in [0.25, 0.3) is 0 Å². The highest BCUT2D eigenvalue weighted by Crippen LogP contribution is 2.24. The monoisotopic (exact) mass is 294 g/mol. The van der Waals surface area contributed by atoms with Crippen molar-refractivity contribution in [3.8, 4) is 11.5 Å². The molecular weight excluding hydrogens is 281 g/mol. The topological polar surface area (TPSA) is 58.9 Å². The largest absolute Gasteiger partial charge is 0.496 e. The molecule has 0 fully saturated rings. The summed E-state index contributed by atoms with van der Waals surface area (Å²) in [6, 6.07) is 7.83. The Kier molecular flexibility index (Phi) is 4.77. The van der Waals surface area contributed by atoms with Crippen molar-refractivity contribution >= 4 is 12.6 Å². The highest BCUT2D eigenvalue weighted by Gasteiger charge is 2.16. The minimum absolute atomic E-state index is 0.179. The summed E-state index contributed by atoms with van der Waals surface area (Å²) in [5.41, 5.74) is 0.661. The maximum absolute atomic E-state index is 13.5. The van der Waals surface area contributed by atoms with Gasteiger partial charge in [-0.3, -0.25) is 0 Å². The molecule has 4 nitrogen and oxygen atoms in total. The first-order valence-electron chi connectivity index (χ1n) is 6.12. The second kappa shape index (κ2) is 6.56. The van der Waals surface area contributed by atoms with Crippen LogP contribution < -0.4 is 14.9 Å². The summed E-state index contributed by atoms with van der Waals surface area (Å²) < 4.78 is 37.2. The van der Waals surface area contributed by atoms with Crippen LogP contribution in [0.4, 0.5) is 8.78 Å².